The van der Waals surface area contributed by atoms with Gasteiger partial charge in [-0.3, -0.25) is 9.52 Å². The molecule has 1 aromatic carbocycles. The Balaban J connectivity index is 2.96. The lowest BCUT2D eigenvalue weighted by Gasteiger charge is -2.08. The fraction of sp³-hybridized carbons (Fsp3) is 0.250. The van der Waals surface area contributed by atoms with Crippen LogP contribution in [-0.4, -0.2) is 33.8 Å². The number of hydrogen-bond acceptors (Lipinski definition) is 5. The number of rotatable bonds is 4. The number of benzene rings is 1. The highest BCUT2D eigenvalue weighted by molar-refractivity contribution is 7.93. The molecule has 0 fully saturated rings. The van der Waals surface area contributed by atoms with E-state index in [0.29, 0.717) is 10.6 Å². The molecule has 0 saturated heterocycles. The molecule has 20 heavy (non-hydrogen) atoms. The smallest absolute Gasteiger partial charge is 0.322 e. The Morgan fingerprint density at radius 2 is 2.20 bits per heavy atom. The lowest BCUT2D eigenvalue weighted by atomic mass is 10.2. The van der Waals surface area contributed by atoms with E-state index >= 15 is 0 Å². The second-order valence-corrected chi connectivity index (χ2v) is 5.77. The number of esters is 1. The summed E-state index contributed by atoms with van der Waals surface area (Å²) in [6, 6.07) is 4.42. The summed E-state index contributed by atoms with van der Waals surface area (Å²) >= 11 is 5.92. The Hall–Kier alpha value is -1.75. The average Bonchev–Trinajstić information content (AvgIpc) is 2.38. The van der Waals surface area contributed by atoms with Crippen LogP contribution in [-0.2, 0) is 19.6 Å². The maximum Gasteiger partial charge on any atom is 0.322 e. The number of anilines is 1. The van der Waals surface area contributed by atoms with Gasteiger partial charge in [0.05, 0.1) is 18.7 Å². The summed E-state index contributed by atoms with van der Waals surface area (Å²) in [4.78, 5) is 11.0. The fourth-order valence-electron chi connectivity index (χ4n) is 1.26. The van der Waals surface area contributed by atoms with Crippen LogP contribution in [0.1, 0.15) is 5.56 Å². The Morgan fingerprint density at radius 3 is 2.80 bits per heavy atom. The van der Waals surface area contributed by atoms with Crippen LogP contribution >= 0.6 is 11.6 Å². The molecule has 1 aromatic rings. The third-order valence-corrected chi connectivity index (χ3v) is 3.59. The van der Waals surface area contributed by atoms with Crippen molar-refractivity contribution < 1.29 is 17.9 Å². The van der Waals surface area contributed by atoms with Crippen molar-refractivity contribution in [2.24, 2.45) is 5.73 Å². The number of sulfonamides is 1. The predicted octanol–water partition coefficient (Wildman–Crippen LogP) is 0.565. The molecule has 0 aliphatic rings. The van der Waals surface area contributed by atoms with Gasteiger partial charge in [-0.1, -0.05) is 23.4 Å². The first-order valence-corrected chi connectivity index (χ1v) is 7.47. The lowest BCUT2D eigenvalue weighted by molar-refractivity contribution is -0.137. The van der Waals surface area contributed by atoms with Crippen LogP contribution in [0, 0.1) is 11.8 Å². The molecule has 8 heteroatoms. The van der Waals surface area contributed by atoms with Gasteiger partial charge in [-0.15, -0.1) is 0 Å². The van der Waals surface area contributed by atoms with Crippen molar-refractivity contribution in [3.8, 4) is 11.8 Å². The first-order valence-electron chi connectivity index (χ1n) is 5.44. The van der Waals surface area contributed by atoms with Crippen LogP contribution in [0.2, 0.25) is 5.02 Å². The van der Waals surface area contributed by atoms with Gasteiger partial charge in [-0.2, -0.15) is 0 Å². The Kier molecular flexibility index (Phi) is 5.82. The Morgan fingerprint density at radius 1 is 1.50 bits per heavy atom. The van der Waals surface area contributed by atoms with Crippen molar-refractivity contribution in [2.75, 3.05) is 24.1 Å². The monoisotopic (exact) mass is 316 g/mol. The number of halogens is 1. The van der Waals surface area contributed by atoms with Gasteiger partial charge in [0.25, 0.3) is 0 Å². The highest BCUT2D eigenvalue weighted by atomic mass is 35.5. The summed E-state index contributed by atoms with van der Waals surface area (Å²) in [6.07, 6.45) is 0. The van der Waals surface area contributed by atoms with Crippen LogP contribution in [0.3, 0.4) is 0 Å². The number of carbonyl (C=O) groups excluding carboxylic acids is 1. The minimum absolute atomic E-state index is 0.161. The van der Waals surface area contributed by atoms with Gasteiger partial charge in [0.15, 0.2) is 5.75 Å². The van der Waals surface area contributed by atoms with Gasteiger partial charge in [0.1, 0.15) is 0 Å². The number of hydrogen-bond donors (Lipinski definition) is 2. The number of methoxy groups -OCH3 is 1. The van der Waals surface area contributed by atoms with Gasteiger partial charge in [-0.05, 0) is 18.2 Å². The largest absolute Gasteiger partial charge is 0.468 e. The molecule has 6 nitrogen and oxygen atoms in total. The van der Waals surface area contributed by atoms with Crippen molar-refractivity contribution in [2.45, 2.75) is 0 Å². The maximum absolute atomic E-state index is 11.7. The molecule has 3 N–H and O–H groups in total. The third-order valence-electron chi connectivity index (χ3n) is 2.10. The summed E-state index contributed by atoms with van der Waals surface area (Å²) in [6.45, 7) is 0.161. The minimum atomic E-state index is -3.84. The van der Waals surface area contributed by atoms with E-state index < -0.39 is 21.7 Å². The molecular formula is C12H13ClN2O4S. The van der Waals surface area contributed by atoms with Crippen LogP contribution in [0.15, 0.2) is 18.2 Å². The van der Waals surface area contributed by atoms with Crippen LogP contribution in [0.5, 0.6) is 0 Å². The van der Waals surface area contributed by atoms with Gasteiger partial charge in [0.2, 0.25) is 10.0 Å². The number of nitrogens with one attached hydrogen (secondary N) is 1. The lowest BCUT2D eigenvalue weighted by Crippen LogP contribution is -2.23. The summed E-state index contributed by atoms with van der Waals surface area (Å²) in [7, 11) is -2.72. The van der Waals surface area contributed by atoms with Gasteiger partial charge < -0.3 is 10.5 Å². The molecule has 0 spiro atoms. The predicted molar refractivity (Wildman–Crippen MR) is 76.8 cm³/mol. The highest BCUT2D eigenvalue weighted by Crippen LogP contribution is 2.20. The van der Waals surface area contributed by atoms with E-state index in [-0.39, 0.29) is 12.2 Å². The molecule has 0 aromatic heterocycles. The Labute approximate surface area is 122 Å². The molecular weight excluding hydrogens is 304 g/mol. The fourth-order valence-corrected chi connectivity index (χ4v) is 2.41. The van der Waals surface area contributed by atoms with Crippen molar-refractivity contribution in [3.63, 3.8) is 0 Å². The zero-order chi connectivity index (χ0) is 15.2. The van der Waals surface area contributed by atoms with Crippen LogP contribution in [0.25, 0.3) is 0 Å². The van der Waals surface area contributed by atoms with Gasteiger partial charge in [0, 0.05) is 11.3 Å². The summed E-state index contributed by atoms with van der Waals surface area (Å²) in [5.41, 5.74) is 5.95. The molecule has 0 atom stereocenters. The summed E-state index contributed by atoms with van der Waals surface area (Å²) in [5.74, 6) is 3.72. The minimum Gasteiger partial charge on any atom is -0.468 e. The molecule has 108 valence electrons. The summed E-state index contributed by atoms with van der Waals surface area (Å²) in [5, 5.41) is 0.377. The Bertz CT molecular complexity index is 662. The molecule has 0 amide bonds. The van der Waals surface area contributed by atoms with E-state index in [4.69, 9.17) is 17.3 Å². The third kappa shape index (κ3) is 5.09. The van der Waals surface area contributed by atoms with Crippen molar-refractivity contribution in [1.82, 2.24) is 0 Å². The quantitative estimate of drug-likeness (QED) is 0.625. The molecule has 0 unspecified atom stereocenters. The number of carbonyl (C=O) groups is 1. The van der Waals surface area contributed by atoms with Crippen molar-refractivity contribution in [1.29, 1.82) is 0 Å². The first kappa shape index (κ1) is 16.3. The second kappa shape index (κ2) is 7.14. The van der Waals surface area contributed by atoms with Crippen molar-refractivity contribution in [3.05, 3.63) is 28.8 Å². The highest BCUT2D eigenvalue weighted by Gasteiger charge is 2.17. The van der Waals surface area contributed by atoms with Gasteiger partial charge in [-0.25, -0.2) is 8.42 Å². The van der Waals surface area contributed by atoms with Crippen molar-refractivity contribution >= 4 is 33.3 Å². The van der Waals surface area contributed by atoms with Crippen LogP contribution in [0.4, 0.5) is 5.69 Å². The molecule has 0 aliphatic heterocycles. The zero-order valence-corrected chi connectivity index (χ0v) is 12.2. The zero-order valence-electron chi connectivity index (χ0n) is 10.6. The first-order chi connectivity index (χ1) is 9.38. The number of nitrogens with two attached hydrogens (primary N) is 1. The maximum atomic E-state index is 11.7. The van der Waals surface area contributed by atoms with E-state index in [1.807, 2.05) is 0 Å². The van der Waals surface area contributed by atoms with E-state index in [2.05, 4.69) is 21.3 Å². The molecule has 0 saturated carbocycles. The van der Waals surface area contributed by atoms with E-state index in [1.165, 1.54) is 18.2 Å². The molecule has 1 rings (SSSR count). The van der Waals surface area contributed by atoms with Crippen LogP contribution < -0.4 is 10.5 Å². The standard InChI is InChI=1S/C12H13ClN2O4S/c1-19-12(16)8-20(17,18)15-10-4-5-11(13)9(7-10)3-2-6-14/h4-5,7,15H,6,8,14H2,1H3. The van der Waals surface area contributed by atoms with Gasteiger partial charge >= 0.3 is 5.97 Å². The molecule has 0 radical (unpaired) electrons. The summed E-state index contributed by atoms with van der Waals surface area (Å²) < 4.78 is 29.9. The van der Waals surface area contributed by atoms with E-state index in [9.17, 15) is 13.2 Å². The van der Waals surface area contributed by atoms with E-state index in [0.717, 1.165) is 7.11 Å². The second-order valence-electron chi connectivity index (χ2n) is 3.64. The molecule has 0 bridgehead atoms. The molecule has 0 aliphatic carbocycles. The average molecular weight is 317 g/mol. The number of ether oxygens (including phenoxy) is 1. The normalized spacial score (nSPS) is 10.3. The topological polar surface area (TPSA) is 98.5 Å². The SMILES string of the molecule is COC(=O)CS(=O)(=O)Nc1ccc(Cl)c(C#CCN)c1. The molecule has 0 heterocycles. The van der Waals surface area contributed by atoms with E-state index in [1.54, 1.807) is 0 Å².